The predicted octanol–water partition coefficient (Wildman–Crippen LogP) is 0.699. The second-order valence-corrected chi connectivity index (χ2v) is 8.25. The van der Waals surface area contributed by atoms with Crippen LogP contribution in [-0.4, -0.2) is 60.1 Å². The Kier molecular flexibility index (Phi) is 3.84. The lowest BCUT2D eigenvalue weighted by molar-refractivity contribution is -0.167. The van der Waals surface area contributed by atoms with Gasteiger partial charge in [0.25, 0.3) is 0 Å². The molecule has 2 aliphatic heterocycles. The average Bonchev–Trinajstić information content (AvgIpc) is 2.75. The number of fused-ring (bicyclic) bond motifs is 1. The lowest BCUT2D eigenvalue weighted by Crippen LogP contribution is -2.66. The fraction of sp³-hybridized carbons (Fsp3) is 0.438. The zero-order valence-corrected chi connectivity index (χ0v) is 13.9. The van der Waals surface area contributed by atoms with Crippen molar-refractivity contribution in [2.75, 3.05) is 0 Å². The number of carbonyl (C=O) groups excluding carboxylic acids is 2. The third-order valence-electron chi connectivity index (χ3n) is 4.48. The maximum atomic E-state index is 12.4. The number of Topliss-reactive ketones (excluding diaryl/α,β-unsaturated/α-hetero) is 1. The number of nitrogens with zero attached hydrogens (tertiary/aromatic N) is 1. The van der Waals surface area contributed by atoms with Crippen molar-refractivity contribution in [2.45, 2.75) is 36.1 Å². The highest BCUT2D eigenvalue weighted by Gasteiger charge is 2.65. The van der Waals surface area contributed by atoms with Crippen molar-refractivity contribution < 1.29 is 29.7 Å². The summed E-state index contributed by atoms with van der Waals surface area (Å²) in [6.07, 6.45) is -1.54. The molecule has 0 saturated carbocycles. The molecular weight excluding hydrogens is 334 g/mol. The van der Waals surface area contributed by atoms with E-state index >= 15 is 0 Å². The summed E-state index contributed by atoms with van der Waals surface area (Å²) in [4.78, 5) is 37.4. The van der Waals surface area contributed by atoms with Gasteiger partial charge in [0, 0.05) is 10.3 Å². The zero-order chi connectivity index (χ0) is 17.8. The van der Waals surface area contributed by atoms with Crippen LogP contribution in [0.15, 0.2) is 24.3 Å². The molecule has 8 heteroatoms. The molecule has 2 fully saturated rings. The van der Waals surface area contributed by atoms with Crippen LogP contribution in [0.2, 0.25) is 0 Å². The first-order valence-electron chi connectivity index (χ1n) is 7.39. The quantitative estimate of drug-likeness (QED) is 0.540. The number of ketones is 1. The highest BCUT2D eigenvalue weighted by Crippen LogP contribution is 2.54. The molecule has 0 spiro atoms. The second-order valence-electron chi connectivity index (χ2n) is 6.48. The van der Waals surface area contributed by atoms with Crippen molar-refractivity contribution in [3.8, 4) is 5.75 Å². The summed E-state index contributed by atoms with van der Waals surface area (Å²) < 4.78 is -0.706. The maximum Gasteiger partial charge on any atom is 0.327 e. The van der Waals surface area contributed by atoms with Crippen molar-refractivity contribution in [1.82, 2.24) is 4.90 Å². The molecule has 1 amide bonds. The molecule has 7 nitrogen and oxygen atoms in total. The van der Waals surface area contributed by atoms with Crippen molar-refractivity contribution >= 4 is 29.4 Å². The number of β-lactam (4-membered cyclic amide) rings is 1. The van der Waals surface area contributed by atoms with E-state index < -0.39 is 45.8 Å². The van der Waals surface area contributed by atoms with Gasteiger partial charge in [-0.05, 0) is 38.1 Å². The van der Waals surface area contributed by atoms with E-state index in [9.17, 15) is 29.7 Å². The third-order valence-corrected chi connectivity index (χ3v) is 6.07. The topological polar surface area (TPSA) is 115 Å². The Bertz CT molecular complexity index is 716. The van der Waals surface area contributed by atoms with Gasteiger partial charge in [-0.3, -0.25) is 9.59 Å². The van der Waals surface area contributed by atoms with Crippen LogP contribution < -0.4 is 0 Å². The van der Waals surface area contributed by atoms with Gasteiger partial charge in [-0.15, -0.1) is 11.8 Å². The van der Waals surface area contributed by atoms with E-state index in [0.717, 1.165) is 0 Å². The van der Waals surface area contributed by atoms with Crippen LogP contribution in [0.4, 0.5) is 0 Å². The molecule has 2 saturated heterocycles. The number of hydrogen-bond acceptors (Lipinski definition) is 6. The van der Waals surface area contributed by atoms with Crippen LogP contribution in [0.25, 0.3) is 0 Å². The second kappa shape index (κ2) is 5.49. The van der Waals surface area contributed by atoms with E-state index in [4.69, 9.17) is 0 Å². The summed E-state index contributed by atoms with van der Waals surface area (Å²) in [7, 11) is 0. The Morgan fingerprint density at radius 3 is 2.38 bits per heavy atom. The highest BCUT2D eigenvalue weighted by atomic mass is 32.2. The molecule has 2 aliphatic rings. The van der Waals surface area contributed by atoms with E-state index in [0.29, 0.717) is 0 Å². The van der Waals surface area contributed by atoms with Gasteiger partial charge in [0.05, 0.1) is 5.37 Å². The number of carbonyl (C=O) groups is 3. The number of rotatable bonds is 4. The lowest BCUT2D eigenvalue weighted by atomic mass is 9.85. The molecule has 0 aliphatic carbocycles. The maximum absolute atomic E-state index is 12.4. The molecule has 1 aromatic carbocycles. The number of aliphatic carboxylic acids is 1. The van der Waals surface area contributed by atoms with Crippen LogP contribution in [0.5, 0.6) is 5.75 Å². The molecule has 0 unspecified atom stereocenters. The van der Waals surface area contributed by atoms with Crippen LogP contribution >= 0.6 is 11.8 Å². The minimum Gasteiger partial charge on any atom is -0.508 e. The summed E-state index contributed by atoms with van der Waals surface area (Å²) >= 11 is 1.28. The van der Waals surface area contributed by atoms with E-state index in [2.05, 4.69) is 0 Å². The molecule has 0 aromatic heterocycles. The van der Waals surface area contributed by atoms with Crippen LogP contribution in [0.1, 0.15) is 24.2 Å². The standard InChI is InChI=1S/C16H17NO6S/c1-16(2)12(15(22)23)17-13(21)9(14(17)24-16)11(20)10(19)7-3-5-8(18)6-4-7/h3-6,9,11-12,14,18,20H,1-2H3,(H,22,23)/t9-,11+,12+,14-/m1/s1. The Morgan fingerprint density at radius 1 is 1.25 bits per heavy atom. The van der Waals surface area contributed by atoms with Crippen molar-refractivity contribution in [2.24, 2.45) is 5.92 Å². The van der Waals surface area contributed by atoms with Gasteiger partial charge in [-0.1, -0.05) is 0 Å². The minimum absolute atomic E-state index is 0.00988. The van der Waals surface area contributed by atoms with Gasteiger partial charge >= 0.3 is 5.97 Å². The number of amides is 1. The molecule has 2 heterocycles. The molecule has 128 valence electrons. The van der Waals surface area contributed by atoms with Crippen LogP contribution in [-0.2, 0) is 9.59 Å². The fourth-order valence-corrected chi connectivity index (χ4v) is 5.01. The largest absolute Gasteiger partial charge is 0.508 e. The van der Waals surface area contributed by atoms with Crippen LogP contribution in [0, 0.1) is 5.92 Å². The lowest BCUT2D eigenvalue weighted by Gasteiger charge is -2.45. The number of thioether (sulfide) groups is 1. The summed E-state index contributed by atoms with van der Waals surface area (Å²) in [5.74, 6) is -3.21. The van der Waals surface area contributed by atoms with Gasteiger partial charge in [-0.2, -0.15) is 0 Å². The Labute approximate surface area is 142 Å². The van der Waals surface area contributed by atoms with Crippen molar-refractivity contribution in [1.29, 1.82) is 0 Å². The van der Waals surface area contributed by atoms with Crippen LogP contribution in [0.3, 0.4) is 0 Å². The number of carboxylic acid groups (broad SMARTS) is 1. The third kappa shape index (κ3) is 2.37. The molecule has 3 rings (SSSR count). The first-order chi connectivity index (χ1) is 11.1. The minimum atomic E-state index is -1.54. The molecule has 24 heavy (non-hydrogen) atoms. The Hall–Kier alpha value is -2.06. The van der Waals surface area contributed by atoms with Gasteiger partial charge < -0.3 is 20.2 Å². The van der Waals surface area contributed by atoms with Gasteiger partial charge in [0.1, 0.15) is 23.8 Å². The number of phenolic OH excluding ortho intramolecular Hbond substituents is 1. The van der Waals surface area contributed by atoms with Crippen molar-refractivity contribution in [3.63, 3.8) is 0 Å². The highest BCUT2D eigenvalue weighted by molar-refractivity contribution is 8.01. The number of benzene rings is 1. The molecule has 0 radical (unpaired) electrons. The number of aromatic hydroxyl groups is 1. The molecule has 3 N–H and O–H groups in total. The number of aliphatic hydroxyl groups excluding tert-OH is 1. The Balaban J connectivity index is 1.82. The molecular formula is C16H17NO6S. The zero-order valence-electron chi connectivity index (χ0n) is 13.0. The summed E-state index contributed by atoms with van der Waals surface area (Å²) in [5, 5.41) is 28.4. The number of aliphatic hydroxyl groups is 1. The monoisotopic (exact) mass is 351 g/mol. The fourth-order valence-electron chi connectivity index (χ4n) is 3.29. The number of phenols is 1. The molecule has 1 aromatic rings. The van der Waals surface area contributed by atoms with E-state index in [1.807, 2.05) is 0 Å². The first-order valence-corrected chi connectivity index (χ1v) is 8.27. The molecule has 0 bridgehead atoms. The number of hydrogen-bond donors (Lipinski definition) is 3. The summed E-state index contributed by atoms with van der Waals surface area (Å²) in [5.41, 5.74) is 0.184. The van der Waals surface area contributed by atoms with E-state index in [-0.39, 0.29) is 11.3 Å². The number of carboxylic acids is 1. The van der Waals surface area contributed by atoms with Gasteiger partial charge in [-0.25, -0.2) is 4.79 Å². The van der Waals surface area contributed by atoms with E-state index in [1.54, 1.807) is 13.8 Å². The molecule has 4 atom stereocenters. The summed E-state index contributed by atoms with van der Waals surface area (Å²) in [6.45, 7) is 3.46. The average molecular weight is 351 g/mol. The van der Waals surface area contributed by atoms with Gasteiger partial charge in [0.2, 0.25) is 5.91 Å². The van der Waals surface area contributed by atoms with Gasteiger partial charge in [0.15, 0.2) is 5.78 Å². The predicted molar refractivity (Wildman–Crippen MR) is 85.7 cm³/mol. The SMILES string of the molecule is CC1(C)S[C@@H]2[C@H]([C@H](O)C(=O)c3ccc(O)cc3)C(=O)N2[C@H]1C(=O)O. The smallest absolute Gasteiger partial charge is 0.327 e. The van der Waals surface area contributed by atoms with Crippen molar-refractivity contribution in [3.05, 3.63) is 29.8 Å². The first kappa shape index (κ1) is 16.8. The summed E-state index contributed by atoms with van der Waals surface area (Å²) in [6, 6.07) is 4.40. The Morgan fingerprint density at radius 2 is 1.83 bits per heavy atom. The normalized spacial score (nSPS) is 28.9. The van der Waals surface area contributed by atoms with E-state index in [1.165, 1.54) is 40.9 Å².